The number of aryl methyl sites for hydroxylation is 1. The van der Waals surface area contributed by atoms with Gasteiger partial charge in [-0.3, -0.25) is 4.79 Å². The Hall–Kier alpha value is -2.19. The molecule has 3 aromatic carbocycles. The molecule has 0 radical (unpaired) electrons. The van der Waals surface area contributed by atoms with E-state index in [1.165, 1.54) is 29.5 Å². The van der Waals surface area contributed by atoms with E-state index in [0.29, 0.717) is 0 Å². The number of carbonyl (C=O) groups is 1. The lowest BCUT2D eigenvalue weighted by Gasteiger charge is -2.14. The molecule has 0 bridgehead atoms. The molecule has 0 fully saturated rings. The van der Waals surface area contributed by atoms with Gasteiger partial charge in [-0.05, 0) is 54.5 Å². The molecular weight excluding hydrogens is 408 g/mol. The topological polar surface area (TPSA) is 17.1 Å². The molecule has 0 saturated heterocycles. The minimum Gasteiger partial charge on any atom is -0.293 e. The largest absolute Gasteiger partial charge is 0.293 e. The highest BCUT2D eigenvalue weighted by molar-refractivity contribution is 9.10. The van der Waals surface area contributed by atoms with Crippen LogP contribution in [-0.4, -0.2) is 10.1 Å². The first-order chi connectivity index (χ1) is 13.4. The molecule has 0 aliphatic heterocycles. The van der Waals surface area contributed by atoms with Crippen molar-refractivity contribution >= 4 is 21.7 Å². The molecule has 0 heterocycles. The summed E-state index contributed by atoms with van der Waals surface area (Å²) >= 11 is 3.44. The molecule has 0 aliphatic carbocycles. The molecule has 0 spiro atoms. The highest BCUT2D eigenvalue weighted by Crippen LogP contribution is 2.27. The Morgan fingerprint density at radius 1 is 0.750 bits per heavy atom. The molecule has 0 amide bonds. The van der Waals surface area contributed by atoms with E-state index in [4.69, 9.17) is 0 Å². The smallest absolute Gasteiger partial charge is 0.178 e. The van der Waals surface area contributed by atoms with Gasteiger partial charge in [0.25, 0.3) is 0 Å². The number of hydrogen-bond acceptors (Lipinski definition) is 1. The minimum absolute atomic E-state index is 0.0942. The number of halogens is 1. The number of benzene rings is 3. The molecular formula is C26H27BrO. The van der Waals surface area contributed by atoms with E-state index in [1.807, 2.05) is 38.1 Å². The van der Waals surface area contributed by atoms with Crippen molar-refractivity contribution in [1.82, 2.24) is 0 Å². The summed E-state index contributed by atoms with van der Waals surface area (Å²) in [6, 6.07) is 25.4. The van der Waals surface area contributed by atoms with Gasteiger partial charge in [0, 0.05) is 5.56 Å². The number of Topliss-reactive ketones (excluding diaryl/α,β-unsaturated/α-hetero) is 1. The van der Waals surface area contributed by atoms with E-state index in [-0.39, 0.29) is 5.78 Å². The van der Waals surface area contributed by atoms with Crippen LogP contribution in [0.1, 0.15) is 49.5 Å². The van der Waals surface area contributed by atoms with Gasteiger partial charge in [-0.15, -0.1) is 0 Å². The predicted octanol–water partition coefficient (Wildman–Crippen LogP) is 7.72. The number of unbranched alkanes of at least 4 members (excludes halogenated alkanes) is 1. The van der Waals surface area contributed by atoms with Gasteiger partial charge in [0.05, 0.1) is 4.32 Å². The van der Waals surface area contributed by atoms with E-state index < -0.39 is 4.32 Å². The third kappa shape index (κ3) is 4.99. The molecule has 3 rings (SSSR count). The van der Waals surface area contributed by atoms with Crippen molar-refractivity contribution in [2.24, 2.45) is 0 Å². The van der Waals surface area contributed by atoms with Crippen molar-refractivity contribution in [3.8, 4) is 22.3 Å². The number of carbonyl (C=O) groups excluding carboxylic acids is 1. The van der Waals surface area contributed by atoms with Gasteiger partial charge < -0.3 is 0 Å². The van der Waals surface area contributed by atoms with Crippen LogP contribution in [-0.2, 0) is 6.42 Å². The average Bonchev–Trinajstić information content (AvgIpc) is 2.72. The van der Waals surface area contributed by atoms with Crippen LogP contribution in [0.5, 0.6) is 0 Å². The fraction of sp³-hybridized carbons (Fsp3) is 0.269. The molecule has 0 unspecified atom stereocenters. The maximum atomic E-state index is 12.4. The summed E-state index contributed by atoms with van der Waals surface area (Å²) in [4.78, 5) is 12.4. The summed E-state index contributed by atoms with van der Waals surface area (Å²) in [7, 11) is 0. The Balaban J connectivity index is 1.74. The van der Waals surface area contributed by atoms with Gasteiger partial charge >= 0.3 is 0 Å². The fourth-order valence-corrected chi connectivity index (χ4v) is 3.49. The fourth-order valence-electron chi connectivity index (χ4n) is 3.26. The lowest BCUT2D eigenvalue weighted by Crippen LogP contribution is -2.23. The van der Waals surface area contributed by atoms with Crippen LogP contribution in [0.4, 0.5) is 0 Å². The van der Waals surface area contributed by atoms with Gasteiger partial charge in [-0.1, -0.05) is 102 Å². The van der Waals surface area contributed by atoms with E-state index in [0.717, 1.165) is 23.1 Å². The quantitative estimate of drug-likeness (QED) is 0.274. The van der Waals surface area contributed by atoms with Gasteiger partial charge in [0.2, 0.25) is 0 Å². The Morgan fingerprint density at radius 2 is 1.14 bits per heavy atom. The summed E-state index contributed by atoms with van der Waals surface area (Å²) in [5.74, 6) is 0.0942. The zero-order chi connectivity index (χ0) is 20.1. The van der Waals surface area contributed by atoms with Crippen LogP contribution in [0.25, 0.3) is 22.3 Å². The first-order valence-electron chi connectivity index (χ1n) is 9.92. The van der Waals surface area contributed by atoms with Crippen molar-refractivity contribution in [2.45, 2.75) is 44.4 Å². The average molecular weight is 435 g/mol. The normalized spacial score (nSPS) is 11.4. The molecule has 0 aliphatic rings. The molecule has 2 heteroatoms. The van der Waals surface area contributed by atoms with Crippen molar-refractivity contribution in [2.75, 3.05) is 0 Å². The molecule has 144 valence electrons. The molecule has 0 aromatic heterocycles. The number of hydrogen-bond donors (Lipinski definition) is 0. The molecule has 1 nitrogen and oxygen atoms in total. The highest BCUT2D eigenvalue weighted by Gasteiger charge is 2.24. The van der Waals surface area contributed by atoms with Crippen LogP contribution in [0, 0.1) is 0 Å². The second-order valence-electron chi connectivity index (χ2n) is 7.76. The van der Waals surface area contributed by atoms with Crippen molar-refractivity contribution in [1.29, 1.82) is 0 Å². The third-order valence-corrected chi connectivity index (χ3v) is 5.37. The SMILES string of the molecule is CCCCc1ccc(-c2ccc(-c3ccc(C(=O)C(C)(C)Br)cc3)cc2)cc1. The maximum Gasteiger partial charge on any atom is 0.178 e. The van der Waals surface area contributed by atoms with Crippen LogP contribution in [0.3, 0.4) is 0 Å². The molecule has 0 saturated carbocycles. The zero-order valence-corrected chi connectivity index (χ0v) is 18.4. The molecule has 28 heavy (non-hydrogen) atoms. The second kappa shape index (κ2) is 8.87. The highest BCUT2D eigenvalue weighted by atomic mass is 79.9. The lowest BCUT2D eigenvalue weighted by molar-refractivity contribution is 0.0961. The van der Waals surface area contributed by atoms with E-state index in [2.05, 4.69) is 71.4 Å². The predicted molar refractivity (Wildman–Crippen MR) is 123 cm³/mol. The zero-order valence-electron chi connectivity index (χ0n) is 16.8. The van der Waals surface area contributed by atoms with Gasteiger partial charge in [-0.2, -0.15) is 0 Å². The number of rotatable bonds is 7. The van der Waals surface area contributed by atoms with Crippen molar-refractivity contribution < 1.29 is 4.79 Å². The third-order valence-electron chi connectivity index (χ3n) is 5.01. The van der Waals surface area contributed by atoms with Gasteiger partial charge in [-0.25, -0.2) is 0 Å². The van der Waals surface area contributed by atoms with Crippen LogP contribution in [0.15, 0.2) is 72.8 Å². The molecule has 0 atom stereocenters. The number of ketones is 1. The van der Waals surface area contributed by atoms with E-state index >= 15 is 0 Å². The lowest BCUT2D eigenvalue weighted by atomic mass is 9.96. The summed E-state index contributed by atoms with van der Waals surface area (Å²) < 4.78 is -0.539. The Bertz CT molecular complexity index is 914. The first-order valence-corrected chi connectivity index (χ1v) is 10.7. The van der Waals surface area contributed by atoms with Crippen LogP contribution < -0.4 is 0 Å². The monoisotopic (exact) mass is 434 g/mol. The number of alkyl halides is 1. The molecule has 3 aromatic rings. The van der Waals surface area contributed by atoms with E-state index in [1.54, 1.807) is 0 Å². The van der Waals surface area contributed by atoms with E-state index in [9.17, 15) is 4.79 Å². The van der Waals surface area contributed by atoms with Crippen LogP contribution in [0.2, 0.25) is 0 Å². The summed E-state index contributed by atoms with van der Waals surface area (Å²) in [5, 5.41) is 0. The summed E-state index contributed by atoms with van der Waals surface area (Å²) in [5.41, 5.74) is 6.87. The summed E-state index contributed by atoms with van der Waals surface area (Å²) in [6.07, 6.45) is 3.62. The van der Waals surface area contributed by atoms with Crippen LogP contribution >= 0.6 is 15.9 Å². The second-order valence-corrected chi connectivity index (χ2v) is 9.74. The Morgan fingerprint density at radius 3 is 1.54 bits per heavy atom. The minimum atomic E-state index is -0.539. The molecule has 0 N–H and O–H groups in total. The maximum absolute atomic E-state index is 12.4. The van der Waals surface area contributed by atoms with Gasteiger partial charge in [0.15, 0.2) is 5.78 Å². The van der Waals surface area contributed by atoms with Crippen molar-refractivity contribution in [3.63, 3.8) is 0 Å². The first kappa shape index (κ1) is 20.5. The van der Waals surface area contributed by atoms with Crippen molar-refractivity contribution in [3.05, 3.63) is 83.9 Å². The van der Waals surface area contributed by atoms with Gasteiger partial charge in [0.1, 0.15) is 0 Å². The summed E-state index contributed by atoms with van der Waals surface area (Å²) in [6.45, 7) is 5.97. The Kier molecular flexibility index (Phi) is 6.51. The Labute approximate surface area is 176 Å². The standard InChI is InChI=1S/C26H27BrO/c1-4-5-6-19-7-9-20(10-8-19)21-11-13-22(14-12-21)23-15-17-24(18-16-23)25(28)26(2,3)27/h7-18H,4-6H2,1-3H3.